The van der Waals surface area contributed by atoms with Crippen molar-refractivity contribution in [2.45, 2.75) is 143 Å². The summed E-state index contributed by atoms with van der Waals surface area (Å²) >= 11 is 0. The molecule has 8 heteroatoms. The van der Waals surface area contributed by atoms with Crippen molar-refractivity contribution >= 4 is 0 Å². The van der Waals surface area contributed by atoms with E-state index in [1.54, 1.807) is 6.92 Å². The van der Waals surface area contributed by atoms with E-state index < -0.39 is 53.7 Å². The molecule has 0 aromatic heterocycles. The molecule has 44 heavy (non-hydrogen) atoms. The van der Waals surface area contributed by atoms with E-state index in [0.29, 0.717) is 12.8 Å². The lowest BCUT2D eigenvalue weighted by atomic mass is 9.35. The predicted octanol–water partition coefficient (Wildman–Crippen LogP) is 3.86. The van der Waals surface area contributed by atoms with Crippen molar-refractivity contribution in [3.8, 4) is 0 Å². The fourth-order valence-electron chi connectivity index (χ4n) is 11.6. The third-order valence-electron chi connectivity index (χ3n) is 14.7. The third-order valence-corrected chi connectivity index (χ3v) is 14.7. The quantitative estimate of drug-likeness (QED) is 0.261. The maximum absolute atomic E-state index is 11.9. The number of hydrogen-bond acceptors (Lipinski definition) is 8. The van der Waals surface area contributed by atoms with Crippen LogP contribution in [0.25, 0.3) is 0 Å². The third kappa shape index (κ3) is 4.31. The molecule has 1 aliphatic heterocycles. The van der Waals surface area contributed by atoms with Gasteiger partial charge in [-0.25, -0.2) is 0 Å². The summed E-state index contributed by atoms with van der Waals surface area (Å²) in [5.41, 5.74) is 1.04. The highest BCUT2D eigenvalue weighted by molar-refractivity contribution is 5.47. The monoisotopic (exact) mass is 618 g/mol. The molecule has 4 fully saturated rings. The molecule has 0 radical (unpaired) electrons. The van der Waals surface area contributed by atoms with Crippen molar-refractivity contribution in [1.82, 2.24) is 0 Å². The van der Waals surface area contributed by atoms with Crippen molar-refractivity contribution in [1.29, 1.82) is 0 Å². The van der Waals surface area contributed by atoms with Gasteiger partial charge in [-0.05, 0) is 91.9 Å². The van der Waals surface area contributed by atoms with E-state index >= 15 is 0 Å². The van der Waals surface area contributed by atoms with Crippen molar-refractivity contribution in [2.24, 2.45) is 44.3 Å². The van der Waals surface area contributed by atoms with E-state index in [9.17, 15) is 30.6 Å². The molecule has 6 N–H and O–H groups in total. The first-order valence-electron chi connectivity index (χ1n) is 17.1. The second kappa shape index (κ2) is 10.6. The molecule has 2 unspecified atom stereocenters. The van der Waals surface area contributed by atoms with E-state index in [1.165, 1.54) is 11.1 Å². The Morgan fingerprint density at radius 3 is 2.23 bits per heavy atom. The van der Waals surface area contributed by atoms with Gasteiger partial charge in [-0.2, -0.15) is 0 Å². The lowest BCUT2D eigenvalue weighted by Gasteiger charge is -2.70. The molecule has 1 saturated heterocycles. The van der Waals surface area contributed by atoms with Crippen LogP contribution >= 0.6 is 0 Å². The van der Waals surface area contributed by atoms with Crippen LogP contribution in [-0.2, 0) is 9.47 Å². The lowest BCUT2D eigenvalue weighted by Crippen LogP contribution is -2.66. The molecule has 6 rings (SSSR count). The maximum atomic E-state index is 11.9. The SMILES string of the molecule is C[C@@H]1O[C@H](O[C@@H]2CC[C@@]3(C)C4C=CC5=C6CC(C)(C)CC[C@@]6(CO)[C@@H](O)C[C@]5(C)[C@@]4(C)CCC3[C@@]2(C)CO)[C@@H](O)[C@H](O)[C@@H]1O. The lowest BCUT2D eigenvalue weighted by molar-refractivity contribution is -0.327. The highest BCUT2D eigenvalue weighted by atomic mass is 16.7. The molecule has 250 valence electrons. The van der Waals surface area contributed by atoms with Gasteiger partial charge in [0.2, 0.25) is 0 Å². The fourth-order valence-corrected chi connectivity index (χ4v) is 11.6. The Labute approximate surface area is 263 Å². The predicted molar refractivity (Wildman–Crippen MR) is 166 cm³/mol. The minimum absolute atomic E-state index is 0.0165. The molecule has 6 aliphatic rings. The van der Waals surface area contributed by atoms with Gasteiger partial charge in [0.15, 0.2) is 6.29 Å². The zero-order valence-corrected chi connectivity index (χ0v) is 27.9. The number of ether oxygens (including phenoxy) is 2. The molecule has 0 amide bonds. The molecular formula is C36H58O8. The van der Waals surface area contributed by atoms with Crippen LogP contribution in [0.15, 0.2) is 23.3 Å². The second-order valence-corrected chi connectivity index (χ2v) is 17.5. The van der Waals surface area contributed by atoms with Gasteiger partial charge < -0.3 is 40.1 Å². The summed E-state index contributed by atoms with van der Waals surface area (Å²) in [6, 6.07) is 0. The Morgan fingerprint density at radius 1 is 0.864 bits per heavy atom. The Hall–Kier alpha value is -0.840. The zero-order chi connectivity index (χ0) is 32.3. The van der Waals surface area contributed by atoms with E-state index in [-0.39, 0.29) is 46.7 Å². The van der Waals surface area contributed by atoms with E-state index in [4.69, 9.17) is 9.47 Å². The van der Waals surface area contributed by atoms with Crippen molar-refractivity contribution in [3.63, 3.8) is 0 Å². The summed E-state index contributed by atoms with van der Waals surface area (Å²) in [5, 5.41) is 65.0. The van der Waals surface area contributed by atoms with Crippen molar-refractivity contribution < 1.29 is 40.1 Å². The summed E-state index contributed by atoms with van der Waals surface area (Å²) in [6.45, 7) is 15.4. The second-order valence-electron chi connectivity index (χ2n) is 17.5. The van der Waals surface area contributed by atoms with Crippen LogP contribution < -0.4 is 0 Å². The largest absolute Gasteiger partial charge is 0.396 e. The topological polar surface area (TPSA) is 140 Å². The molecule has 5 aliphatic carbocycles. The molecule has 1 heterocycles. The Bertz CT molecular complexity index is 1200. The van der Waals surface area contributed by atoms with Crippen LogP contribution in [0, 0.1) is 44.3 Å². The van der Waals surface area contributed by atoms with Gasteiger partial charge in [-0.1, -0.05) is 59.3 Å². The van der Waals surface area contributed by atoms with Gasteiger partial charge in [0, 0.05) is 16.2 Å². The van der Waals surface area contributed by atoms with Crippen molar-refractivity contribution in [3.05, 3.63) is 23.3 Å². The average Bonchev–Trinajstić information content (AvgIpc) is 2.96. The molecule has 0 aromatic carbocycles. The van der Waals surface area contributed by atoms with Gasteiger partial charge in [0.05, 0.1) is 31.5 Å². The normalized spacial score (nSPS) is 55.1. The molecule has 8 nitrogen and oxygen atoms in total. The number of allylic oxidation sites excluding steroid dienone is 3. The molecular weight excluding hydrogens is 560 g/mol. The van der Waals surface area contributed by atoms with Crippen LogP contribution in [0.4, 0.5) is 0 Å². The number of fused-ring (bicyclic) bond motifs is 6. The van der Waals surface area contributed by atoms with Gasteiger partial charge in [0.25, 0.3) is 0 Å². The first-order valence-corrected chi connectivity index (χ1v) is 17.1. The maximum Gasteiger partial charge on any atom is 0.186 e. The minimum atomic E-state index is -1.38. The Morgan fingerprint density at radius 2 is 1.57 bits per heavy atom. The molecule has 14 atom stereocenters. The summed E-state index contributed by atoms with van der Waals surface area (Å²) in [6.07, 6.45) is 4.77. The highest BCUT2D eigenvalue weighted by Gasteiger charge is 2.69. The fraction of sp³-hybridized carbons (Fsp3) is 0.889. The van der Waals surface area contributed by atoms with Crippen LogP contribution in [0.5, 0.6) is 0 Å². The smallest absolute Gasteiger partial charge is 0.186 e. The van der Waals surface area contributed by atoms with Crippen LogP contribution in [-0.4, -0.2) is 86.8 Å². The number of rotatable bonds is 4. The molecule has 0 spiro atoms. The Kier molecular flexibility index (Phi) is 7.95. The number of aliphatic hydroxyl groups is 6. The summed E-state index contributed by atoms with van der Waals surface area (Å²) in [4.78, 5) is 0. The molecule has 0 aromatic rings. The van der Waals surface area contributed by atoms with Gasteiger partial charge in [-0.3, -0.25) is 0 Å². The number of aliphatic hydroxyl groups excluding tert-OH is 6. The molecule has 3 saturated carbocycles. The summed E-state index contributed by atoms with van der Waals surface area (Å²) in [5.74, 6) is 0.348. The van der Waals surface area contributed by atoms with Gasteiger partial charge in [-0.15, -0.1) is 0 Å². The Balaban J connectivity index is 1.36. The average molecular weight is 619 g/mol. The van der Waals surface area contributed by atoms with Crippen molar-refractivity contribution in [2.75, 3.05) is 13.2 Å². The van der Waals surface area contributed by atoms with E-state index in [2.05, 4.69) is 53.7 Å². The van der Waals surface area contributed by atoms with Crippen LogP contribution in [0.3, 0.4) is 0 Å². The van der Waals surface area contributed by atoms with Crippen LogP contribution in [0.1, 0.15) is 99.8 Å². The van der Waals surface area contributed by atoms with E-state index in [0.717, 1.165) is 38.5 Å². The highest BCUT2D eigenvalue weighted by Crippen LogP contribution is 2.74. The first kappa shape index (κ1) is 33.1. The van der Waals surface area contributed by atoms with Crippen LogP contribution in [0.2, 0.25) is 0 Å². The van der Waals surface area contributed by atoms with E-state index in [1.807, 2.05) is 0 Å². The zero-order valence-electron chi connectivity index (χ0n) is 27.9. The minimum Gasteiger partial charge on any atom is -0.396 e. The summed E-state index contributed by atoms with van der Waals surface area (Å²) < 4.78 is 12.3. The van der Waals surface area contributed by atoms with Gasteiger partial charge >= 0.3 is 0 Å². The summed E-state index contributed by atoms with van der Waals surface area (Å²) in [7, 11) is 0. The first-order chi connectivity index (χ1) is 20.4. The standard InChI is InChI=1S/C36H58O8/c1-20-27(40)28(41)29(42)30(43-20)44-26-11-12-32(4)23(33(26,5)18-37)10-13-34(6)24(32)9-8-21-22-16-31(2,3)14-15-36(22,19-38)25(39)17-35(21,34)7/h8-9,20,23-30,37-42H,10-19H2,1-7H3/t20-,23?,24?,25-,26+,27+,28+,29-,30+,32+,33+,34-,35-,36-/m0/s1. The molecule has 0 bridgehead atoms. The van der Waals surface area contributed by atoms with Gasteiger partial charge in [0.1, 0.15) is 18.3 Å². The number of hydrogen-bond donors (Lipinski definition) is 6.